The van der Waals surface area contributed by atoms with E-state index < -0.39 is 4.92 Å². The molecule has 1 aromatic carbocycles. The highest BCUT2D eigenvalue weighted by atomic mass is 35.5. The van der Waals surface area contributed by atoms with E-state index in [0.29, 0.717) is 12.0 Å². The molecular formula is C12H14ClN3O3. The fraction of sp³-hybridized carbons (Fsp3) is 0.333. The summed E-state index contributed by atoms with van der Waals surface area (Å²) in [4.78, 5) is 21.4. The summed E-state index contributed by atoms with van der Waals surface area (Å²) in [5, 5.41) is 14.5. The maximum Gasteiger partial charge on any atom is 0.288 e. The van der Waals surface area contributed by atoms with Gasteiger partial charge >= 0.3 is 0 Å². The summed E-state index contributed by atoms with van der Waals surface area (Å²) in [6, 6.07) is 4.29. The zero-order valence-corrected chi connectivity index (χ0v) is 11.2. The number of hydrogen-bond donors (Lipinski definition) is 1. The molecule has 0 radical (unpaired) electrons. The van der Waals surface area contributed by atoms with Crippen molar-refractivity contribution in [2.24, 2.45) is 5.10 Å². The minimum atomic E-state index is -0.570. The largest absolute Gasteiger partial charge is 0.288 e. The average molecular weight is 284 g/mol. The highest BCUT2D eigenvalue weighted by molar-refractivity contribution is 6.32. The van der Waals surface area contributed by atoms with Crippen molar-refractivity contribution in [3.63, 3.8) is 0 Å². The molecule has 0 fully saturated rings. The first kappa shape index (κ1) is 15.1. The maximum atomic E-state index is 11.3. The number of nitro groups is 1. The number of halogens is 1. The van der Waals surface area contributed by atoms with Crippen LogP contribution in [0.15, 0.2) is 23.3 Å². The van der Waals surface area contributed by atoms with Crippen LogP contribution < -0.4 is 5.43 Å². The smallest absolute Gasteiger partial charge is 0.273 e. The van der Waals surface area contributed by atoms with Crippen molar-refractivity contribution in [2.45, 2.75) is 26.2 Å². The lowest BCUT2D eigenvalue weighted by Crippen LogP contribution is -2.16. The number of unbranched alkanes of at least 4 members (excludes halogenated alkanes) is 1. The molecule has 0 heterocycles. The van der Waals surface area contributed by atoms with Crippen LogP contribution in [0, 0.1) is 10.1 Å². The summed E-state index contributed by atoms with van der Waals surface area (Å²) >= 11 is 5.68. The molecule has 0 aliphatic heterocycles. The normalized spacial score (nSPS) is 10.6. The third-order valence-electron chi connectivity index (χ3n) is 2.33. The highest BCUT2D eigenvalue weighted by Gasteiger charge is 2.11. The van der Waals surface area contributed by atoms with E-state index in [0.717, 1.165) is 12.8 Å². The van der Waals surface area contributed by atoms with E-state index in [1.165, 1.54) is 18.3 Å². The lowest BCUT2D eigenvalue weighted by atomic mass is 10.2. The molecule has 7 heteroatoms. The summed E-state index contributed by atoms with van der Waals surface area (Å²) < 4.78 is 0. The number of hydrazone groups is 1. The molecule has 6 nitrogen and oxygen atoms in total. The van der Waals surface area contributed by atoms with E-state index in [-0.39, 0.29) is 16.6 Å². The Morgan fingerprint density at radius 1 is 1.58 bits per heavy atom. The van der Waals surface area contributed by atoms with Gasteiger partial charge in [-0.15, -0.1) is 0 Å². The second-order valence-corrected chi connectivity index (χ2v) is 4.27. The summed E-state index contributed by atoms with van der Waals surface area (Å²) in [5.41, 5.74) is 2.66. The lowest BCUT2D eigenvalue weighted by Gasteiger charge is -1.99. The van der Waals surface area contributed by atoms with E-state index in [4.69, 9.17) is 11.6 Å². The van der Waals surface area contributed by atoms with E-state index in [9.17, 15) is 14.9 Å². The number of benzene rings is 1. The number of carbonyl (C=O) groups excluding carboxylic acids is 1. The fourth-order valence-corrected chi connectivity index (χ4v) is 1.51. The average Bonchev–Trinajstić information content (AvgIpc) is 2.38. The van der Waals surface area contributed by atoms with Crippen molar-refractivity contribution in [2.75, 3.05) is 0 Å². The van der Waals surface area contributed by atoms with Gasteiger partial charge in [-0.05, 0) is 12.5 Å². The minimum Gasteiger partial charge on any atom is -0.273 e. The first-order valence-electron chi connectivity index (χ1n) is 5.80. The molecule has 0 saturated heterocycles. The third kappa shape index (κ3) is 5.05. The topological polar surface area (TPSA) is 84.6 Å². The first-order valence-corrected chi connectivity index (χ1v) is 6.18. The quantitative estimate of drug-likeness (QED) is 0.495. The Hall–Kier alpha value is -1.95. The van der Waals surface area contributed by atoms with Gasteiger partial charge in [-0.1, -0.05) is 31.0 Å². The van der Waals surface area contributed by atoms with Gasteiger partial charge in [0.05, 0.1) is 11.1 Å². The van der Waals surface area contributed by atoms with Crippen molar-refractivity contribution in [1.29, 1.82) is 0 Å². The Kier molecular flexibility index (Phi) is 5.95. The molecule has 1 aromatic rings. The Morgan fingerprint density at radius 3 is 2.95 bits per heavy atom. The molecule has 0 aromatic heterocycles. The summed E-state index contributed by atoms with van der Waals surface area (Å²) in [7, 11) is 0. The zero-order chi connectivity index (χ0) is 14.3. The van der Waals surface area contributed by atoms with Gasteiger partial charge in [0.15, 0.2) is 0 Å². The molecule has 0 spiro atoms. The summed E-state index contributed by atoms with van der Waals surface area (Å²) in [6.45, 7) is 1.99. The SMILES string of the molecule is CCCCC(=O)N/N=C/c1ccc(Cl)c([N+](=O)[O-])c1. The van der Waals surface area contributed by atoms with Crippen LogP contribution in [0.5, 0.6) is 0 Å². The molecule has 0 unspecified atom stereocenters. The highest BCUT2D eigenvalue weighted by Crippen LogP contribution is 2.24. The van der Waals surface area contributed by atoms with Crippen molar-refractivity contribution < 1.29 is 9.72 Å². The monoisotopic (exact) mass is 283 g/mol. The Morgan fingerprint density at radius 2 is 2.32 bits per heavy atom. The molecule has 0 bridgehead atoms. The van der Waals surface area contributed by atoms with E-state index in [1.54, 1.807) is 6.07 Å². The van der Waals surface area contributed by atoms with Gasteiger partial charge in [-0.2, -0.15) is 5.10 Å². The molecule has 19 heavy (non-hydrogen) atoms. The minimum absolute atomic E-state index is 0.0640. The van der Waals surface area contributed by atoms with Crippen LogP contribution in [0.2, 0.25) is 5.02 Å². The first-order chi connectivity index (χ1) is 9.04. The zero-order valence-electron chi connectivity index (χ0n) is 10.4. The number of hydrogen-bond acceptors (Lipinski definition) is 4. The molecule has 102 valence electrons. The molecular weight excluding hydrogens is 270 g/mol. The van der Waals surface area contributed by atoms with Crippen LogP contribution in [-0.4, -0.2) is 17.0 Å². The van der Waals surface area contributed by atoms with Crippen LogP contribution >= 0.6 is 11.6 Å². The number of nitro benzene ring substituents is 1. The van der Waals surface area contributed by atoms with Crippen LogP contribution in [0.1, 0.15) is 31.7 Å². The van der Waals surface area contributed by atoms with Crippen molar-refractivity contribution in [3.05, 3.63) is 38.9 Å². The molecule has 1 rings (SSSR count). The Labute approximate surface area is 115 Å². The maximum absolute atomic E-state index is 11.3. The summed E-state index contributed by atoms with van der Waals surface area (Å²) in [5.74, 6) is -0.179. The fourth-order valence-electron chi connectivity index (χ4n) is 1.32. The van der Waals surface area contributed by atoms with E-state index in [2.05, 4.69) is 10.5 Å². The predicted molar refractivity (Wildman–Crippen MR) is 73.4 cm³/mol. The van der Waals surface area contributed by atoms with Crippen molar-refractivity contribution in [1.82, 2.24) is 5.43 Å². The number of nitrogens with zero attached hydrogens (tertiary/aromatic N) is 2. The molecule has 0 aliphatic carbocycles. The predicted octanol–water partition coefficient (Wildman–Crippen LogP) is 2.89. The molecule has 1 amide bonds. The van der Waals surface area contributed by atoms with Crippen LogP contribution in [0.3, 0.4) is 0 Å². The van der Waals surface area contributed by atoms with Gasteiger partial charge in [0.25, 0.3) is 5.69 Å². The summed E-state index contributed by atoms with van der Waals surface area (Å²) in [6.07, 6.45) is 3.48. The second kappa shape index (κ2) is 7.48. The Balaban J connectivity index is 2.64. The Bertz CT molecular complexity index is 503. The lowest BCUT2D eigenvalue weighted by molar-refractivity contribution is -0.384. The van der Waals surface area contributed by atoms with E-state index in [1.807, 2.05) is 6.92 Å². The van der Waals surface area contributed by atoms with Crippen molar-refractivity contribution in [3.8, 4) is 0 Å². The molecule has 0 aliphatic rings. The van der Waals surface area contributed by atoms with Crippen LogP contribution in [0.4, 0.5) is 5.69 Å². The second-order valence-electron chi connectivity index (χ2n) is 3.86. The molecule has 1 N–H and O–H groups in total. The standard InChI is InChI=1S/C12H14ClN3O3/c1-2-3-4-12(17)15-14-8-9-5-6-10(13)11(7-9)16(18)19/h5-8H,2-4H2,1H3,(H,15,17)/b14-8+. The molecule has 0 atom stereocenters. The van der Waals surface area contributed by atoms with Gasteiger partial charge in [-0.3, -0.25) is 14.9 Å². The van der Waals surface area contributed by atoms with Crippen LogP contribution in [-0.2, 0) is 4.79 Å². The number of nitrogens with one attached hydrogen (secondary N) is 1. The van der Waals surface area contributed by atoms with Gasteiger partial charge in [-0.25, -0.2) is 5.43 Å². The van der Waals surface area contributed by atoms with Crippen molar-refractivity contribution >= 4 is 29.4 Å². The van der Waals surface area contributed by atoms with Gasteiger partial charge in [0, 0.05) is 18.1 Å². The van der Waals surface area contributed by atoms with Crippen LogP contribution in [0.25, 0.3) is 0 Å². The van der Waals surface area contributed by atoms with Gasteiger partial charge < -0.3 is 0 Å². The van der Waals surface area contributed by atoms with Gasteiger partial charge in [0.1, 0.15) is 5.02 Å². The van der Waals surface area contributed by atoms with Gasteiger partial charge in [0.2, 0.25) is 5.91 Å². The number of rotatable bonds is 6. The number of carbonyl (C=O) groups is 1. The van der Waals surface area contributed by atoms with E-state index >= 15 is 0 Å². The molecule has 0 saturated carbocycles. The number of amides is 1. The third-order valence-corrected chi connectivity index (χ3v) is 2.65.